The Kier molecular flexibility index (Phi) is 6.27. The number of rotatable bonds is 4. The number of benzene rings is 1. The number of carbonyl (C=O) groups excluding carboxylic acids is 1. The summed E-state index contributed by atoms with van der Waals surface area (Å²) in [6, 6.07) is 2.16. The Hall–Kier alpha value is -2.26. The molecule has 2 aromatic rings. The highest BCUT2D eigenvalue weighted by atomic mass is 35.5. The molecule has 136 valence electrons. The third kappa shape index (κ3) is 4.23. The monoisotopic (exact) mass is 373 g/mol. The highest BCUT2D eigenvalue weighted by Crippen LogP contribution is 2.25. The van der Waals surface area contributed by atoms with Crippen molar-refractivity contribution < 1.29 is 18.3 Å². The molecule has 0 bridgehead atoms. The SMILES string of the molecule is COc1c(F)cc(NC(=O)c2cn(C3CCNCC3)nn2)cc1F.Cl. The second-order valence-corrected chi connectivity index (χ2v) is 5.49. The maximum atomic E-state index is 13.7. The first-order valence-electron chi connectivity index (χ1n) is 7.55. The lowest BCUT2D eigenvalue weighted by Gasteiger charge is -2.22. The van der Waals surface area contributed by atoms with Gasteiger partial charge in [0.2, 0.25) is 0 Å². The van der Waals surface area contributed by atoms with Gasteiger partial charge < -0.3 is 15.4 Å². The van der Waals surface area contributed by atoms with Crippen LogP contribution in [-0.2, 0) is 0 Å². The van der Waals surface area contributed by atoms with Gasteiger partial charge in [-0.3, -0.25) is 4.79 Å². The van der Waals surface area contributed by atoms with E-state index in [9.17, 15) is 13.6 Å². The lowest BCUT2D eigenvalue weighted by Crippen LogP contribution is -2.29. The Morgan fingerprint density at radius 2 is 1.96 bits per heavy atom. The normalized spacial score (nSPS) is 14.7. The van der Waals surface area contributed by atoms with E-state index in [1.165, 1.54) is 7.11 Å². The van der Waals surface area contributed by atoms with Gasteiger partial charge in [0.15, 0.2) is 23.1 Å². The van der Waals surface area contributed by atoms with Gasteiger partial charge in [0.1, 0.15) is 0 Å². The van der Waals surface area contributed by atoms with Crippen molar-refractivity contribution in [3.05, 3.63) is 35.7 Å². The molecule has 3 rings (SSSR count). The fourth-order valence-corrected chi connectivity index (χ4v) is 2.65. The summed E-state index contributed by atoms with van der Waals surface area (Å²) in [6.07, 6.45) is 3.35. The van der Waals surface area contributed by atoms with E-state index in [1.54, 1.807) is 10.9 Å². The number of nitrogens with zero attached hydrogens (tertiary/aromatic N) is 3. The molecule has 0 radical (unpaired) electrons. The minimum atomic E-state index is -0.897. The number of ether oxygens (including phenoxy) is 1. The van der Waals surface area contributed by atoms with Gasteiger partial charge in [-0.25, -0.2) is 13.5 Å². The van der Waals surface area contributed by atoms with E-state index >= 15 is 0 Å². The Bertz CT molecular complexity index is 726. The van der Waals surface area contributed by atoms with Gasteiger partial charge in [0.05, 0.1) is 19.3 Å². The number of hydrogen-bond donors (Lipinski definition) is 2. The molecule has 10 heteroatoms. The van der Waals surface area contributed by atoms with Crippen LogP contribution < -0.4 is 15.4 Å². The van der Waals surface area contributed by atoms with Crippen LogP contribution in [0.2, 0.25) is 0 Å². The smallest absolute Gasteiger partial charge is 0.277 e. The topological polar surface area (TPSA) is 81.1 Å². The quantitative estimate of drug-likeness (QED) is 0.858. The number of aromatic nitrogens is 3. The third-order valence-corrected chi connectivity index (χ3v) is 3.89. The number of piperidine rings is 1. The van der Waals surface area contributed by atoms with Crippen molar-refractivity contribution in [2.24, 2.45) is 0 Å². The Morgan fingerprint density at radius 1 is 1.32 bits per heavy atom. The first kappa shape index (κ1) is 19.1. The Balaban J connectivity index is 0.00000225. The molecule has 1 aromatic heterocycles. The largest absolute Gasteiger partial charge is 0.491 e. The second-order valence-electron chi connectivity index (χ2n) is 5.49. The van der Waals surface area contributed by atoms with Gasteiger partial charge in [-0.1, -0.05) is 5.21 Å². The summed E-state index contributed by atoms with van der Waals surface area (Å²) in [6.45, 7) is 1.77. The van der Waals surface area contributed by atoms with Gasteiger partial charge in [0, 0.05) is 17.8 Å². The summed E-state index contributed by atoms with van der Waals surface area (Å²) in [5.74, 6) is -2.87. The molecule has 0 saturated carbocycles. The lowest BCUT2D eigenvalue weighted by molar-refractivity contribution is 0.102. The molecule has 1 saturated heterocycles. The van der Waals surface area contributed by atoms with Crippen LogP contribution in [0.5, 0.6) is 5.75 Å². The summed E-state index contributed by atoms with van der Waals surface area (Å²) in [5, 5.41) is 13.5. The fourth-order valence-electron chi connectivity index (χ4n) is 2.65. The van der Waals surface area contributed by atoms with Crippen molar-refractivity contribution in [3.8, 4) is 5.75 Å². The summed E-state index contributed by atoms with van der Waals surface area (Å²) in [4.78, 5) is 12.2. The minimum Gasteiger partial charge on any atom is -0.491 e. The summed E-state index contributed by atoms with van der Waals surface area (Å²) >= 11 is 0. The van der Waals surface area contributed by atoms with Gasteiger partial charge >= 0.3 is 0 Å². The highest BCUT2D eigenvalue weighted by molar-refractivity contribution is 6.02. The third-order valence-electron chi connectivity index (χ3n) is 3.89. The average molecular weight is 374 g/mol. The summed E-state index contributed by atoms with van der Waals surface area (Å²) < 4.78 is 33.6. The number of hydrogen-bond acceptors (Lipinski definition) is 5. The molecule has 25 heavy (non-hydrogen) atoms. The number of nitrogens with one attached hydrogen (secondary N) is 2. The molecule has 0 unspecified atom stereocenters. The van der Waals surface area contributed by atoms with Crippen molar-refractivity contribution in [2.45, 2.75) is 18.9 Å². The first-order chi connectivity index (χ1) is 11.6. The molecule has 1 amide bonds. The van der Waals surface area contributed by atoms with Crippen LogP contribution in [0.4, 0.5) is 14.5 Å². The van der Waals surface area contributed by atoms with E-state index in [0.717, 1.165) is 38.1 Å². The van der Waals surface area contributed by atoms with E-state index in [0.29, 0.717) is 0 Å². The molecule has 1 aliphatic heterocycles. The van der Waals surface area contributed by atoms with Crippen molar-refractivity contribution in [1.29, 1.82) is 0 Å². The van der Waals surface area contributed by atoms with E-state index in [1.807, 2.05) is 0 Å². The maximum Gasteiger partial charge on any atom is 0.277 e. The number of halogens is 3. The van der Waals surface area contributed by atoms with Crippen LogP contribution in [0.1, 0.15) is 29.4 Å². The predicted octanol–water partition coefficient (Wildman–Crippen LogP) is 2.16. The number of methoxy groups -OCH3 is 1. The molecular formula is C15H18ClF2N5O2. The summed E-state index contributed by atoms with van der Waals surface area (Å²) in [5.41, 5.74) is 0.0670. The highest BCUT2D eigenvalue weighted by Gasteiger charge is 2.19. The number of amides is 1. The first-order valence-corrected chi connectivity index (χ1v) is 7.55. The van der Waals surface area contributed by atoms with E-state index in [4.69, 9.17) is 0 Å². The molecule has 0 atom stereocenters. The lowest BCUT2D eigenvalue weighted by atomic mass is 10.1. The van der Waals surface area contributed by atoms with E-state index in [2.05, 4.69) is 25.7 Å². The van der Waals surface area contributed by atoms with E-state index in [-0.39, 0.29) is 29.8 Å². The van der Waals surface area contributed by atoms with Crippen LogP contribution in [-0.4, -0.2) is 41.1 Å². The molecule has 1 aliphatic rings. The minimum absolute atomic E-state index is 0. The van der Waals surface area contributed by atoms with Gasteiger partial charge in [-0.2, -0.15) is 0 Å². The van der Waals surface area contributed by atoms with Crippen molar-refractivity contribution in [3.63, 3.8) is 0 Å². The van der Waals surface area contributed by atoms with Crippen molar-refractivity contribution >= 4 is 24.0 Å². The zero-order valence-corrected chi connectivity index (χ0v) is 14.3. The number of carbonyl (C=O) groups is 1. The van der Waals surface area contributed by atoms with Crippen LogP contribution in [0, 0.1) is 11.6 Å². The molecule has 1 aromatic carbocycles. The van der Waals surface area contributed by atoms with Gasteiger partial charge in [-0.15, -0.1) is 17.5 Å². The second kappa shape index (κ2) is 8.21. The molecule has 2 N–H and O–H groups in total. The van der Waals surface area contributed by atoms with Gasteiger partial charge in [0.25, 0.3) is 5.91 Å². The zero-order valence-electron chi connectivity index (χ0n) is 13.5. The standard InChI is InChI=1S/C15H17F2N5O2.ClH/c1-24-14-11(16)6-9(7-12(14)17)19-15(23)13-8-22(21-20-13)10-2-4-18-5-3-10;/h6-8,10,18H,2-5H2,1H3,(H,19,23);1H. The van der Waals surface area contributed by atoms with Crippen molar-refractivity contribution in [1.82, 2.24) is 20.3 Å². The van der Waals surface area contributed by atoms with Crippen molar-refractivity contribution in [2.75, 3.05) is 25.5 Å². The van der Waals surface area contributed by atoms with Crippen LogP contribution >= 0.6 is 12.4 Å². The molecule has 1 fully saturated rings. The average Bonchev–Trinajstić information content (AvgIpc) is 3.05. The fraction of sp³-hybridized carbons (Fsp3) is 0.400. The zero-order chi connectivity index (χ0) is 17.1. The number of anilines is 1. The Morgan fingerprint density at radius 3 is 2.56 bits per heavy atom. The molecule has 2 heterocycles. The Labute approximate surface area is 149 Å². The van der Waals surface area contributed by atoms with Crippen LogP contribution in [0.15, 0.2) is 18.3 Å². The van der Waals surface area contributed by atoms with Gasteiger partial charge in [-0.05, 0) is 25.9 Å². The van der Waals surface area contributed by atoms with Crippen LogP contribution in [0.3, 0.4) is 0 Å². The molecule has 7 nitrogen and oxygen atoms in total. The molecular weight excluding hydrogens is 356 g/mol. The molecule has 0 spiro atoms. The summed E-state index contributed by atoms with van der Waals surface area (Å²) in [7, 11) is 1.17. The van der Waals surface area contributed by atoms with E-state index < -0.39 is 23.3 Å². The predicted molar refractivity (Wildman–Crippen MR) is 89.3 cm³/mol. The molecule has 0 aliphatic carbocycles. The maximum absolute atomic E-state index is 13.7. The van der Waals surface area contributed by atoms with Crippen LogP contribution in [0.25, 0.3) is 0 Å².